The molecule has 94 valence electrons. The van der Waals surface area contributed by atoms with Crippen molar-refractivity contribution in [1.82, 2.24) is 9.97 Å². The SMILES string of the molecule is CC(C)C(N)c1ncc(C2CCOCC2)cn1. The zero-order valence-electron chi connectivity index (χ0n) is 10.6. The first-order chi connectivity index (χ1) is 8.18. The minimum atomic E-state index is -0.0706. The number of hydrogen-bond donors (Lipinski definition) is 1. The molecule has 1 aromatic heterocycles. The molecule has 1 aliphatic rings. The maximum absolute atomic E-state index is 6.02. The molecule has 0 amide bonds. The Balaban J connectivity index is 2.06. The van der Waals surface area contributed by atoms with Crippen LogP contribution in [0, 0.1) is 5.92 Å². The third-order valence-corrected chi connectivity index (χ3v) is 3.40. The second-order valence-electron chi connectivity index (χ2n) is 5.03. The summed E-state index contributed by atoms with van der Waals surface area (Å²) < 4.78 is 5.35. The molecule has 1 atom stereocenters. The van der Waals surface area contributed by atoms with Gasteiger partial charge in [-0.25, -0.2) is 9.97 Å². The van der Waals surface area contributed by atoms with E-state index in [1.54, 1.807) is 0 Å². The molecule has 0 spiro atoms. The minimum absolute atomic E-state index is 0.0706. The van der Waals surface area contributed by atoms with E-state index in [2.05, 4.69) is 23.8 Å². The predicted molar refractivity (Wildman–Crippen MR) is 66.6 cm³/mol. The van der Waals surface area contributed by atoms with Crippen LogP contribution >= 0.6 is 0 Å². The van der Waals surface area contributed by atoms with Gasteiger partial charge >= 0.3 is 0 Å². The summed E-state index contributed by atoms with van der Waals surface area (Å²) in [5.41, 5.74) is 7.24. The lowest BCUT2D eigenvalue weighted by Crippen LogP contribution is -2.20. The maximum atomic E-state index is 6.02. The highest BCUT2D eigenvalue weighted by atomic mass is 16.5. The Morgan fingerprint density at radius 2 is 1.82 bits per heavy atom. The van der Waals surface area contributed by atoms with Crippen LogP contribution in [0.3, 0.4) is 0 Å². The van der Waals surface area contributed by atoms with Crippen LogP contribution in [0.4, 0.5) is 0 Å². The van der Waals surface area contributed by atoms with Crippen molar-refractivity contribution >= 4 is 0 Å². The van der Waals surface area contributed by atoms with E-state index in [-0.39, 0.29) is 6.04 Å². The molecule has 0 aliphatic carbocycles. The molecule has 1 saturated heterocycles. The average molecular weight is 235 g/mol. The van der Waals surface area contributed by atoms with Crippen LogP contribution in [0.2, 0.25) is 0 Å². The number of ether oxygens (including phenoxy) is 1. The summed E-state index contributed by atoms with van der Waals surface area (Å²) in [5.74, 6) is 1.66. The fraction of sp³-hybridized carbons (Fsp3) is 0.692. The lowest BCUT2D eigenvalue weighted by Gasteiger charge is -2.22. The van der Waals surface area contributed by atoms with E-state index in [0.29, 0.717) is 11.8 Å². The van der Waals surface area contributed by atoms with Gasteiger partial charge in [0.1, 0.15) is 5.82 Å². The van der Waals surface area contributed by atoms with Crippen LogP contribution in [-0.4, -0.2) is 23.2 Å². The van der Waals surface area contributed by atoms with Gasteiger partial charge in [-0.15, -0.1) is 0 Å². The van der Waals surface area contributed by atoms with Gasteiger partial charge < -0.3 is 10.5 Å². The Labute approximate surface area is 103 Å². The van der Waals surface area contributed by atoms with Crippen molar-refractivity contribution in [3.8, 4) is 0 Å². The third kappa shape index (κ3) is 3.01. The van der Waals surface area contributed by atoms with Gasteiger partial charge in [-0.1, -0.05) is 13.8 Å². The molecule has 4 heteroatoms. The Bertz CT molecular complexity index is 344. The monoisotopic (exact) mass is 235 g/mol. The van der Waals surface area contributed by atoms with Gasteiger partial charge in [0.25, 0.3) is 0 Å². The van der Waals surface area contributed by atoms with Crippen molar-refractivity contribution in [3.05, 3.63) is 23.8 Å². The molecule has 17 heavy (non-hydrogen) atoms. The van der Waals surface area contributed by atoms with E-state index in [9.17, 15) is 0 Å². The maximum Gasteiger partial charge on any atom is 0.145 e. The fourth-order valence-corrected chi connectivity index (χ4v) is 2.06. The molecule has 2 heterocycles. The van der Waals surface area contributed by atoms with Gasteiger partial charge in [-0.05, 0) is 30.2 Å². The highest BCUT2D eigenvalue weighted by Gasteiger charge is 2.18. The van der Waals surface area contributed by atoms with Crippen molar-refractivity contribution in [2.75, 3.05) is 13.2 Å². The lowest BCUT2D eigenvalue weighted by molar-refractivity contribution is 0.0852. The summed E-state index contributed by atoms with van der Waals surface area (Å²) >= 11 is 0. The largest absolute Gasteiger partial charge is 0.381 e. The van der Waals surface area contributed by atoms with Crippen LogP contribution in [-0.2, 0) is 4.74 Å². The predicted octanol–water partition coefficient (Wildman–Crippen LogP) is 2.03. The Kier molecular flexibility index (Phi) is 4.07. The second kappa shape index (κ2) is 5.56. The summed E-state index contributed by atoms with van der Waals surface area (Å²) in [6, 6.07) is -0.0706. The lowest BCUT2D eigenvalue weighted by atomic mass is 9.94. The Morgan fingerprint density at radius 3 is 2.35 bits per heavy atom. The highest BCUT2D eigenvalue weighted by molar-refractivity contribution is 5.13. The number of nitrogens with zero attached hydrogens (tertiary/aromatic N) is 2. The molecular weight excluding hydrogens is 214 g/mol. The molecule has 1 fully saturated rings. The Morgan fingerprint density at radius 1 is 1.24 bits per heavy atom. The fourth-order valence-electron chi connectivity index (χ4n) is 2.06. The van der Waals surface area contributed by atoms with Gasteiger partial charge in [-0.3, -0.25) is 0 Å². The molecule has 2 rings (SSSR count). The van der Waals surface area contributed by atoms with Gasteiger partial charge in [0, 0.05) is 25.6 Å². The van der Waals surface area contributed by atoms with Gasteiger partial charge in [0.15, 0.2) is 0 Å². The molecule has 0 radical (unpaired) electrons. The summed E-state index contributed by atoms with van der Waals surface area (Å²) in [5, 5.41) is 0. The molecule has 1 unspecified atom stereocenters. The van der Waals surface area contributed by atoms with E-state index in [0.717, 1.165) is 31.9 Å². The zero-order chi connectivity index (χ0) is 12.3. The van der Waals surface area contributed by atoms with Crippen LogP contribution < -0.4 is 5.73 Å². The number of rotatable bonds is 3. The van der Waals surface area contributed by atoms with Crippen LogP contribution in [0.15, 0.2) is 12.4 Å². The zero-order valence-corrected chi connectivity index (χ0v) is 10.6. The molecule has 4 nitrogen and oxygen atoms in total. The van der Waals surface area contributed by atoms with E-state index in [1.165, 1.54) is 5.56 Å². The molecule has 1 aromatic rings. The molecule has 2 N–H and O–H groups in total. The third-order valence-electron chi connectivity index (χ3n) is 3.40. The van der Waals surface area contributed by atoms with E-state index in [4.69, 9.17) is 10.5 Å². The summed E-state index contributed by atoms with van der Waals surface area (Å²) in [7, 11) is 0. The normalized spacial score (nSPS) is 19.5. The van der Waals surface area contributed by atoms with Crippen molar-refractivity contribution in [3.63, 3.8) is 0 Å². The second-order valence-corrected chi connectivity index (χ2v) is 5.03. The summed E-state index contributed by atoms with van der Waals surface area (Å²) in [6.45, 7) is 5.86. The van der Waals surface area contributed by atoms with E-state index < -0.39 is 0 Å². The van der Waals surface area contributed by atoms with Crippen molar-refractivity contribution in [1.29, 1.82) is 0 Å². The summed E-state index contributed by atoms with van der Waals surface area (Å²) in [6.07, 6.45) is 6.00. The van der Waals surface area contributed by atoms with E-state index >= 15 is 0 Å². The van der Waals surface area contributed by atoms with Crippen LogP contribution in [0.5, 0.6) is 0 Å². The van der Waals surface area contributed by atoms with Crippen molar-refractivity contribution in [2.24, 2.45) is 11.7 Å². The average Bonchev–Trinajstić information content (AvgIpc) is 2.39. The van der Waals surface area contributed by atoms with E-state index in [1.807, 2.05) is 12.4 Å². The quantitative estimate of drug-likeness (QED) is 0.870. The first kappa shape index (κ1) is 12.5. The van der Waals surface area contributed by atoms with Crippen LogP contribution in [0.25, 0.3) is 0 Å². The number of nitrogens with two attached hydrogens (primary N) is 1. The summed E-state index contributed by atoms with van der Waals surface area (Å²) in [4.78, 5) is 8.80. The number of aromatic nitrogens is 2. The molecular formula is C13H21N3O. The Hall–Kier alpha value is -1.00. The first-order valence-corrected chi connectivity index (χ1v) is 6.33. The highest BCUT2D eigenvalue weighted by Crippen LogP contribution is 2.26. The molecule has 0 saturated carbocycles. The molecule has 1 aliphatic heterocycles. The standard InChI is InChI=1S/C13H21N3O/c1-9(2)12(14)13-15-7-11(8-16-13)10-3-5-17-6-4-10/h7-10,12H,3-6,14H2,1-2H3. The smallest absolute Gasteiger partial charge is 0.145 e. The van der Waals surface area contributed by atoms with Crippen LogP contribution in [0.1, 0.15) is 50.0 Å². The van der Waals surface area contributed by atoms with Crippen molar-refractivity contribution in [2.45, 2.75) is 38.6 Å². The van der Waals surface area contributed by atoms with Crippen molar-refractivity contribution < 1.29 is 4.74 Å². The van der Waals surface area contributed by atoms with Gasteiger partial charge in [-0.2, -0.15) is 0 Å². The molecule has 0 bridgehead atoms. The van der Waals surface area contributed by atoms with Gasteiger partial charge in [0.2, 0.25) is 0 Å². The number of hydrogen-bond acceptors (Lipinski definition) is 4. The minimum Gasteiger partial charge on any atom is -0.381 e. The first-order valence-electron chi connectivity index (χ1n) is 6.33. The van der Waals surface area contributed by atoms with Gasteiger partial charge in [0.05, 0.1) is 6.04 Å². The molecule has 0 aromatic carbocycles. The topological polar surface area (TPSA) is 61.0 Å².